The topological polar surface area (TPSA) is 61.4 Å². The summed E-state index contributed by atoms with van der Waals surface area (Å²) < 4.78 is 0. The minimum atomic E-state index is -0.193. The van der Waals surface area contributed by atoms with Crippen LogP contribution in [0.4, 0.5) is 4.79 Å². The zero-order valence-corrected chi connectivity index (χ0v) is 10.0. The third-order valence-corrected chi connectivity index (χ3v) is 2.19. The highest BCUT2D eigenvalue weighted by Gasteiger charge is 2.06. The quantitative estimate of drug-likeness (QED) is 0.604. The van der Waals surface area contributed by atoms with Crippen LogP contribution in [0.5, 0.6) is 0 Å². The van der Waals surface area contributed by atoms with E-state index in [0.29, 0.717) is 6.54 Å². The number of nitrogens with one attached hydrogen (secondary N) is 2. The van der Waals surface area contributed by atoms with Gasteiger partial charge in [0.1, 0.15) is 0 Å². The molecule has 0 rings (SSSR count). The number of carbonyl (C=O) groups is 1. The number of hydrogen-bond donors (Lipinski definition) is 3. The fourth-order valence-corrected chi connectivity index (χ4v) is 1.35. The summed E-state index contributed by atoms with van der Waals surface area (Å²) in [5, 5.41) is 13.9. The van der Waals surface area contributed by atoms with Gasteiger partial charge in [0, 0.05) is 12.6 Å². The molecule has 0 aliphatic rings. The summed E-state index contributed by atoms with van der Waals surface area (Å²) >= 11 is 0. The van der Waals surface area contributed by atoms with E-state index in [1.807, 2.05) is 6.92 Å². The van der Waals surface area contributed by atoms with Crippen LogP contribution in [0.2, 0.25) is 0 Å². The van der Waals surface area contributed by atoms with Crippen LogP contribution >= 0.6 is 0 Å². The number of carbonyl (C=O) groups excluding carboxylic acids is 1. The molecule has 0 bridgehead atoms. The molecule has 0 aromatic carbocycles. The third kappa shape index (κ3) is 9.53. The molecule has 2 amide bonds. The van der Waals surface area contributed by atoms with E-state index >= 15 is 0 Å². The molecule has 1 atom stereocenters. The van der Waals surface area contributed by atoms with Gasteiger partial charge in [0.2, 0.25) is 0 Å². The Balaban J connectivity index is 3.46. The lowest BCUT2D eigenvalue weighted by molar-refractivity contribution is 0.230. The van der Waals surface area contributed by atoms with Gasteiger partial charge in [-0.1, -0.05) is 26.7 Å². The summed E-state index contributed by atoms with van der Waals surface area (Å²) in [6.07, 6.45) is 3.34. The first-order chi connectivity index (χ1) is 7.06. The van der Waals surface area contributed by atoms with Crippen LogP contribution < -0.4 is 10.6 Å². The maximum Gasteiger partial charge on any atom is 0.315 e. The number of aliphatic hydroxyl groups excluding tert-OH is 1. The summed E-state index contributed by atoms with van der Waals surface area (Å²) in [6, 6.07) is 0.00328. The van der Waals surface area contributed by atoms with Crippen molar-refractivity contribution in [2.45, 2.75) is 46.1 Å². The molecule has 0 fully saturated rings. The number of rotatable bonds is 7. The molecule has 0 aromatic rings. The fourth-order valence-electron chi connectivity index (χ4n) is 1.35. The Hall–Kier alpha value is -0.770. The van der Waals surface area contributed by atoms with Gasteiger partial charge in [0.25, 0.3) is 0 Å². The maximum absolute atomic E-state index is 11.2. The molecule has 4 nitrogen and oxygen atoms in total. The molecular formula is C11H24N2O2. The summed E-state index contributed by atoms with van der Waals surface area (Å²) in [4.78, 5) is 11.2. The van der Waals surface area contributed by atoms with Crippen LogP contribution in [0.25, 0.3) is 0 Å². The van der Waals surface area contributed by atoms with Crippen LogP contribution in [-0.4, -0.2) is 30.3 Å². The average Bonchev–Trinajstić information content (AvgIpc) is 2.14. The van der Waals surface area contributed by atoms with Crippen LogP contribution in [0.1, 0.15) is 40.0 Å². The van der Waals surface area contributed by atoms with Gasteiger partial charge in [0.15, 0.2) is 0 Å². The molecule has 15 heavy (non-hydrogen) atoms. The van der Waals surface area contributed by atoms with Crippen molar-refractivity contribution in [2.24, 2.45) is 5.92 Å². The molecule has 0 spiro atoms. The number of aliphatic hydroxyl groups is 1. The smallest absolute Gasteiger partial charge is 0.315 e. The van der Waals surface area contributed by atoms with Gasteiger partial charge in [-0.3, -0.25) is 0 Å². The van der Waals surface area contributed by atoms with Crippen molar-refractivity contribution in [3.8, 4) is 0 Å². The Bertz CT molecular complexity index is 172. The normalized spacial score (nSPS) is 12.6. The molecule has 0 saturated carbocycles. The highest BCUT2D eigenvalue weighted by Crippen LogP contribution is 2.07. The third-order valence-electron chi connectivity index (χ3n) is 2.19. The molecule has 90 valence electrons. The lowest BCUT2D eigenvalue weighted by atomic mass is 10.0. The highest BCUT2D eigenvalue weighted by atomic mass is 16.3. The summed E-state index contributed by atoms with van der Waals surface area (Å²) in [5.41, 5.74) is 0. The first-order valence-electron chi connectivity index (χ1n) is 5.71. The Morgan fingerprint density at radius 1 is 1.27 bits per heavy atom. The van der Waals surface area contributed by atoms with Gasteiger partial charge >= 0.3 is 6.03 Å². The fraction of sp³-hybridized carbons (Fsp3) is 0.909. The molecule has 0 heterocycles. The van der Waals surface area contributed by atoms with Crippen LogP contribution in [-0.2, 0) is 0 Å². The Labute approximate surface area is 92.4 Å². The molecule has 0 aliphatic heterocycles. The predicted molar refractivity (Wildman–Crippen MR) is 61.8 cm³/mol. The first kappa shape index (κ1) is 14.2. The number of amides is 2. The van der Waals surface area contributed by atoms with Gasteiger partial charge in [-0.2, -0.15) is 0 Å². The predicted octanol–water partition coefficient (Wildman–Crippen LogP) is 1.49. The van der Waals surface area contributed by atoms with E-state index in [-0.39, 0.29) is 18.7 Å². The zero-order valence-electron chi connectivity index (χ0n) is 10.0. The van der Waals surface area contributed by atoms with Crippen molar-refractivity contribution in [1.82, 2.24) is 10.6 Å². The SMILES string of the molecule is CC(C)CCCC(C)NC(=O)NCCO. The zero-order chi connectivity index (χ0) is 11.7. The first-order valence-corrected chi connectivity index (χ1v) is 5.71. The maximum atomic E-state index is 11.2. The standard InChI is InChI=1S/C11H24N2O2/c1-9(2)5-4-6-10(3)13-11(15)12-7-8-14/h9-10,14H,4-8H2,1-3H3,(H2,12,13,15). The van der Waals surface area contributed by atoms with Gasteiger partial charge in [-0.05, 0) is 19.3 Å². The second-order valence-electron chi connectivity index (χ2n) is 4.35. The van der Waals surface area contributed by atoms with Gasteiger partial charge < -0.3 is 15.7 Å². The highest BCUT2D eigenvalue weighted by molar-refractivity contribution is 5.74. The number of urea groups is 1. The molecule has 0 aliphatic carbocycles. The van der Waals surface area contributed by atoms with Crippen LogP contribution in [0.3, 0.4) is 0 Å². The monoisotopic (exact) mass is 216 g/mol. The summed E-state index contributed by atoms with van der Waals surface area (Å²) in [5.74, 6) is 0.723. The molecule has 4 heteroatoms. The van der Waals surface area contributed by atoms with Crippen molar-refractivity contribution < 1.29 is 9.90 Å². The molecule has 1 unspecified atom stereocenters. The summed E-state index contributed by atoms with van der Waals surface area (Å²) in [7, 11) is 0. The lowest BCUT2D eigenvalue weighted by Crippen LogP contribution is -2.41. The van der Waals surface area contributed by atoms with Gasteiger partial charge in [0.05, 0.1) is 6.61 Å². The van der Waals surface area contributed by atoms with E-state index in [9.17, 15) is 4.79 Å². The van der Waals surface area contributed by atoms with Crippen LogP contribution in [0, 0.1) is 5.92 Å². The Kier molecular flexibility index (Phi) is 8.09. The average molecular weight is 216 g/mol. The molecular weight excluding hydrogens is 192 g/mol. The van der Waals surface area contributed by atoms with Crippen molar-refractivity contribution in [1.29, 1.82) is 0 Å². The van der Waals surface area contributed by atoms with E-state index < -0.39 is 0 Å². The lowest BCUT2D eigenvalue weighted by Gasteiger charge is -2.14. The molecule has 0 saturated heterocycles. The number of hydrogen-bond acceptors (Lipinski definition) is 2. The van der Waals surface area contributed by atoms with E-state index in [1.54, 1.807) is 0 Å². The largest absolute Gasteiger partial charge is 0.395 e. The second-order valence-corrected chi connectivity index (χ2v) is 4.35. The van der Waals surface area contributed by atoms with Crippen molar-refractivity contribution in [2.75, 3.05) is 13.2 Å². The van der Waals surface area contributed by atoms with E-state index in [2.05, 4.69) is 24.5 Å². The van der Waals surface area contributed by atoms with E-state index in [0.717, 1.165) is 18.8 Å². The Morgan fingerprint density at radius 2 is 1.93 bits per heavy atom. The van der Waals surface area contributed by atoms with Gasteiger partial charge in [-0.25, -0.2) is 4.79 Å². The summed E-state index contributed by atoms with van der Waals surface area (Å²) in [6.45, 7) is 6.69. The van der Waals surface area contributed by atoms with Crippen molar-refractivity contribution >= 4 is 6.03 Å². The van der Waals surface area contributed by atoms with Gasteiger partial charge in [-0.15, -0.1) is 0 Å². The second kappa shape index (κ2) is 8.53. The van der Waals surface area contributed by atoms with Crippen LogP contribution in [0.15, 0.2) is 0 Å². The minimum absolute atomic E-state index is 0.0187. The van der Waals surface area contributed by atoms with E-state index in [4.69, 9.17) is 5.11 Å². The van der Waals surface area contributed by atoms with Crippen molar-refractivity contribution in [3.63, 3.8) is 0 Å². The molecule has 0 aromatic heterocycles. The minimum Gasteiger partial charge on any atom is -0.395 e. The van der Waals surface area contributed by atoms with E-state index in [1.165, 1.54) is 6.42 Å². The van der Waals surface area contributed by atoms with Crippen molar-refractivity contribution in [3.05, 3.63) is 0 Å². The molecule has 0 radical (unpaired) electrons. The Morgan fingerprint density at radius 3 is 2.47 bits per heavy atom. The molecule has 3 N–H and O–H groups in total.